The highest BCUT2D eigenvalue weighted by atomic mass is 32.1. The van der Waals surface area contributed by atoms with Crippen LogP contribution in [0.2, 0.25) is 0 Å². The molecule has 118 valence electrons. The van der Waals surface area contributed by atoms with Crippen molar-refractivity contribution in [3.05, 3.63) is 50.4 Å². The number of piperidine rings is 1. The summed E-state index contributed by atoms with van der Waals surface area (Å²) in [4.78, 5) is 4.94. The number of aliphatic hydroxyl groups excluding tert-OH is 2. The van der Waals surface area contributed by atoms with Gasteiger partial charge in [0.05, 0.1) is 12.7 Å². The Morgan fingerprint density at radius 3 is 2.14 bits per heavy atom. The molecule has 2 N–H and O–H groups in total. The fourth-order valence-corrected chi connectivity index (χ4v) is 4.65. The van der Waals surface area contributed by atoms with E-state index >= 15 is 0 Å². The number of nitrogens with zero attached hydrogens (tertiary/aromatic N) is 1. The molecule has 3 heterocycles. The molecule has 0 amide bonds. The van der Waals surface area contributed by atoms with Crippen molar-refractivity contribution in [3.63, 3.8) is 0 Å². The Labute approximate surface area is 139 Å². The summed E-state index contributed by atoms with van der Waals surface area (Å²) in [5.41, 5.74) is 2.92. The summed E-state index contributed by atoms with van der Waals surface area (Å²) in [6.07, 6.45) is 1.44. The largest absolute Gasteiger partial charge is 0.394 e. The Bertz CT molecular complexity index is 558. The molecule has 3 rings (SSSR count). The van der Waals surface area contributed by atoms with Crippen LogP contribution in [0.4, 0.5) is 0 Å². The molecular formula is C17H21NO2S2. The van der Waals surface area contributed by atoms with Crippen LogP contribution in [0.25, 0.3) is 5.57 Å². The van der Waals surface area contributed by atoms with Crippen molar-refractivity contribution < 1.29 is 10.2 Å². The maximum absolute atomic E-state index is 9.59. The van der Waals surface area contributed by atoms with Gasteiger partial charge in [0.15, 0.2) is 0 Å². The van der Waals surface area contributed by atoms with Crippen molar-refractivity contribution in [2.45, 2.75) is 18.9 Å². The van der Waals surface area contributed by atoms with Gasteiger partial charge in [-0.15, -0.1) is 22.7 Å². The summed E-state index contributed by atoms with van der Waals surface area (Å²) in [5.74, 6) is 0. The van der Waals surface area contributed by atoms with Crippen molar-refractivity contribution in [3.8, 4) is 0 Å². The van der Waals surface area contributed by atoms with Gasteiger partial charge in [0.25, 0.3) is 0 Å². The van der Waals surface area contributed by atoms with E-state index in [1.165, 1.54) is 20.9 Å². The molecule has 0 radical (unpaired) electrons. The predicted molar refractivity (Wildman–Crippen MR) is 93.4 cm³/mol. The van der Waals surface area contributed by atoms with E-state index in [-0.39, 0.29) is 6.61 Å². The summed E-state index contributed by atoms with van der Waals surface area (Å²) in [7, 11) is 0. The molecule has 0 aromatic carbocycles. The molecule has 1 aliphatic rings. The summed E-state index contributed by atoms with van der Waals surface area (Å²) in [6.45, 7) is 2.31. The van der Waals surface area contributed by atoms with Crippen molar-refractivity contribution in [2.24, 2.45) is 0 Å². The van der Waals surface area contributed by atoms with Crippen LogP contribution in [-0.4, -0.2) is 47.5 Å². The first-order valence-corrected chi connectivity index (χ1v) is 9.35. The average molecular weight is 335 g/mol. The number of likely N-dealkylation sites (tertiary alicyclic amines) is 1. The Kier molecular flexibility index (Phi) is 5.44. The second-order valence-corrected chi connectivity index (χ2v) is 7.47. The van der Waals surface area contributed by atoms with Gasteiger partial charge in [0.2, 0.25) is 0 Å². The first-order chi connectivity index (χ1) is 10.8. The van der Waals surface area contributed by atoms with E-state index in [1.54, 1.807) is 22.7 Å². The normalized spacial score (nSPS) is 17.6. The van der Waals surface area contributed by atoms with Crippen LogP contribution in [0.1, 0.15) is 22.6 Å². The second kappa shape index (κ2) is 7.53. The zero-order valence-electron chi connectivity index (χ0n) is 12.4. The zero-order chi connectivity index (χ0) is 15.4. The molecule has 3 nitrogen and oxygen atoms in total. The molecule has 0 aliphatic carbocycles. The van der Waals surface area contributed by atoms with E-state index in [0.29, 0.717) is 6.54 Å². The Morgan fingerprint density at radius 2 is 1.68 bits per heavy atom. The quantitative estimate of drug-likeness (QED) is 0.882. The monoisotopic (exact) mass is 335 g/mol. The van der Waals surface area contributed by atoms with Crippen molar-refractivity contribution in [2.75, 3.05) is 26.2 Å². The Hall–Kier alpha value is -0.980. The minimum atomic E-state index is -0.625. The number of β-amino-alcohol motifs (C(OH)–C–C–N with tert-alkyl or cyclic N) is 1. The van der Waals surface area contributed by atoms with Crippen LogP contribution >= 0.6 is 22.7 Å². The highest BCUT2D eigenvalue weighted by Crippen LogP contribution is 2.36. The van der Waals surface area contributed by atoms with Gasteiger partial charge < -0.3 is 15.1 Å². The van der Waals surface area contributed by atoms with E-state index in [1.807, 2.05) is 0 Å². The van der Waals surface area contributed by atoms with Crippen LogP contribution in [0.3, 0.4) is 0 Å². The maximum Gasteiger partial charge on any atom is 0.0897 e. The number of rotatable bonds is 5. The van der Waals surface area contributed by atoms with Crippen LogP contribution in [0, 0.1) is 0 Å². The van der Waals surface area contributed by atoms with Crippen molar-refractivity contribution >= 4 is 28.2 Å². The summed E-state index contributed by atoms with van der Waals surface area (Å²) >= 11 is 3.60. The SMILES string of the molecule is OCC(O)CN1CCC(=C(c2cccs2)c2cccs2)CC1. The highest BCUT2D eigenvalue weighted by Gasteiger charge is 2.21. The molecule has 1 saturated heterocycles. The average Bonchev–Trinajstić information content (AvgIpc) is 3.23. The molecule has 2 aromatic heterocycles. The number of hydrogen-bond acceptors (Lipinski definition) is 5. The lowest BCUT2D eigenvalue weighted by Gasteiger charge is -2.30. The minimum absolute atomic E-state index is 0.158. The number of hydrogen-bond donors (Lipinski definition) is 2. The summed E-state index contributed by atoms with van der Waals surface area (Å²) in [5, 5.41) is 22.8. The smallest absolute Gasteiger partial charge is 0.0897 e. The second-order valence-electron chi connectivity index (χ2n) is 5.57. The maximum atomic E-state index is 9.59. The Morgan fingerprint density at radius 1 is 1.09 bits per heavy atom. The van der Waals surface area contributed by atoms with Gasteiger partial charge in [0, 0.05) is 35.0 Å². The number of thiophene rings is 2. The third-order valence-electron chi connectivity index (χ3n) is 4.03. The third-order valence-corrected chi connectivity index (χ3v) is 5.80. The van der Waals surface area contributed by atoms with Crippen LogP contribution < -0.4 is 0 Å². The van der Waals surface area contributed by atoms with Gasteiger partial charge >= 0.3 is 0 Å². The third kappa shape index (κ3) is 3.67. The van der Waals surface area contributed by atoms with Crippen LogP contribution in [-0.2, 0) is 0 Å². The molecule has 5 heteroatoms. The predicted octanol–water partition coefficient (Wildman–Crippen LogP) is 3.06. The van der Waals surface area contributed by atoms with Crippen molar-refractivity contribution in [1.29, 1.82) is 0 Å². The minimum Gasteiger partial charge on any atom is -0.394 e. The first-order valence-electron chi connectivity index (χ1n) is 7.59. The van der Waals surface area contributed by atoms with E-state index in [4.69, 9.17) is 5.11 Å². The van der Waals surface area contributed by atoms with Crippen LogP contribution in [0.5, 0.6) is 0 Å². The molecule has 22 heavy (non-hydrogen) atoms. The summed E-state index contributed by atoms with van der Waals surface area (Å²) in [6, 6.07) is 8.63. The van der Waals surface area contributed by atoms with Gasteiger partial charge in [-0.25, -0.2) is 0 Å². The van der Waals surface area contributed by atoms with E-state index in [0.717, 1.165) is 25.9 Å². The van der Waals surface area contributed by atoms with Gasteiger partial charge in [-0.2, -0.15) is 0 Å². The lowest BCUT2D eigenvalue weighted by molar-refractivity contribution is 0.0568. The van der Waals surface area contributed by atoms with E-state index < -0.39 is 6.10 Å². The molecule has 0 bridgehead atoms. The molecule has 0 spiro atoms. The van der Waals surface area contributed by atoms with Gasteiger partial charge in [0.1, 0.15) is 0 Å². The summed E-state index contributed by atoms with van der Waals surface area (Å²) < 4.78 is 0. The zero-order valence-corrected chi connectivity index (χ0v) is 14.1. The molecule has 1 atom stereocenters. The molecule has 1 unspecified atom stereocenters. The molecule has 0 saturated carbocycles. The molecular weight excluding hydrogens is 314 g/mol. The number of aliphatic hydroxyl groups is 2. The lowest BCUT2D eigenvalue weighted by Crippen LogP contribution is -2.38. The first kappa shape index (κ1) is 15.9. The highest BCUT2D eigenvalue weighted by molar-refractivity contribution is 7.13. The van der Waals surface area contributed by atoms with Gasteiger partial charge in [-0.05, 0) is 35.7 Å². The lowest BCUT2D eigenvalue weighted by atomic mass is 9.95. The molecule has 1 fully saturated rings. The topological polar surface area (TPSA) is 43.7 Å². The van der Waals surface area contributed by atoms with Crippen LogP contribution in [0.15, 0.2) is 40.6 Å². The molecule has 1 aliphatic heterocycles. The fourth-order valence-electron chi connectivity index (χ4n) is 2.92. The molecule has 2 aromatic rings. The van der Waals surface area contributed by atoms with Gasteiger partial charge in [-0.1, -0.05) is 17.7 Å². The fraction of sp³-hybridized carbons (Fsp3) is 0.412. The van der Waals surface area contributed by atoms with E-state index in [2.05, 4.69) is 39.9 Å². The Balaban J connectivity index is 1.79. The van der Waals surface area contributed by atoms with Gasteiger partial charge in [-0.3, -0.25) is 0 Å². The van der Waals surface area contributed by atoms with E-state index in [9.17, 15) is 5.11 Å². The van der Waals surface area contributed by atoms with Crippen molar-refractivity contribution in [1.82, 2.24) is 4.90 Å². The standard InChI is InChI=1S/C17H21NO2S2/c19-12-14(20)11-18-7-5-13(6-8-18)17(15-3-1-9-21-15)16-4-2-10-22-16/h1-4,9-10,14,19-20H,5-8,11-12H2.